The molecule has 7 nitrogen and oxygen atoms in total. The molecule has 2 unspecified atom stereocenters. The standard InChI is InChI=1S/C19H23FN4O3/c20-16-5-1-4-15-17(6-2-10-27-18(15)16)22-19(25)23-9-11-26-14(12-23)13-24-8-3-7-21-24/h1,3-5,7-8,14,17H,2,6,9-13H2,(H,22,25). The molecule has 1 saturated heterocycles. The van der Waals surface area contributed by atoms with Gasteiger partial charge >= 0.3 is 6.03 Å². The number of ether oxygens (including phenoxy) is 2. The zero-order valence-corrected chi connectivity index (χ0v) is 15.0. The molecule has 0 bridgehead atoms. The lowest BCUT2D eigenvalue weighted by Crippen LogP contribution is -2.51. The third-order valence-corrected chi connectivity index (χ3v) is 4.93. The molecular weight excluding hydrogens is 351 g/mol. The van der Waals surface area contributed by atoms with Crippen molar-refractivity contribution in [2.24, 2.45) is 0 Å². The van der Waals surface area contributed by atoms with Gasteiger partial charge < -0.3 is 19.7 Å². The van der Waals surface area contributed by atoms with Crippen LogP contribution >= 0.6 is 0 Å². The first-order valence-corrected chi connectivity index (χ1v) is 9.26. The number of para-hydroxylation sites is 1. The van der Waals surface area contributed by atoms with Crippen molar-refractivity contribution in [3.05, 3.63) is 48.0 Å². The van der Waals surface area contributed by atoms with E-state index in [0.29, 0.717) is 44.8 Å². The number of morpholine rings is 1. The third kappa shape index (κ3) is 4.05. The summed E-state index contributed by atoms with van der Waals surface area (Å²) in [5, 5.41) is 7.24. The molecule has 1 aromatic carbocycles. The van der Waals surface area contributed by atoms with E-state index in [1.807, 2.05) is 18.3 Å². The van der Waals surface area contributed by atoms with Crippen molar-refractivity contribution in [2.75, 3.05) is 26.3 Å². The van der Waals surface area contributed by atoms with Gasteiger partial charge in [0.15, 0.2) is 11.6 Å². The SMILES string of the molecule is O=C(NC1CCCOc2c(F)cccc21)N1CCOC(Cn2cccn2)C1. The van der Waals surface area contributed by atoms with Crippen LogP contribution in [0.4, 0.5) is 9.18 Å². The molecule has 0 radical (unpaired) electrons. The maximum atomic E-state index is 14.1. The van der Waals surface area contributed by atoms with Gasteiger partial charge in [0.2, 0.25) is 0 Å². The Morgan fingerprint density at radius 2 is 2.26 bits per heavy atom. The lowest BCUT2D eigenvalue weighted by atomic mass is 10.0. The van der Waals surface area contributed by atoms with Gasteiger partial charge in [-0.1, -0.05) is 12.1 Å². The minimum absolute atomic E-state index is 0.105. The molecule has 2 atom stereocenters. The molecule has 2 aromatic rings. The van der Waals surface area contributed by atoms with Gasteiger partial charge in [-0.2, -0.15) is 5.10 Å². The lowest BCUT2D eigenvalue weighted by molar-refractivity contribution is -0.0240. The Bertz CT molecular complexity index is 783. The number of aromatic nitrogens is 2. The first-order valence-electron chi connectivity index (χ1n) is 9.26. The number of urea groups is 1. The average Bonchev–Trinajstić information content (AvgIpc) is 3.09. The van der Waals surface area contributed by atoms with Crippen molar-refractivity contribution in [3.63, 3.8) is 0 Å². The highest BCUT2D eigenvalue weighted by Gasteiger charge is 2.28. The van der Waals surface area contributed by atoms with E-state index in [9.17, 15) is 9.18 Å². The Morgan fingerprint density at radius 1 is 1.33 bits per heavy atom. The second kappa shape index (κ2) is 7.96. The summed E-state index contributed by atoms with van der Waals surface area (Å²) in [6, 6.07) is 6.28. The van der Waals surface area contributed by atoms with E-state index < -0.39 is 0 Å². The van der Waals surface area contributed by atoms with E-state index in [2.05, 4.69) is 10.4 Å². The third-order valence-electron chi connectivity index (χ3n) is 4.93. The number of hydrogen-bond acceptors (Lipinski definition) is 4. The van der Waals surface area contributed by atoms with Crippen LogP contribution in [0.25, 0.3) is 0 Å². The molecule has 3 heterocycles. The predicted octanol–water partition coefficient (Wildman–Crippen LogP) is 2.35. The van der Waals surface area contributed by atoms with Gasteiger partial charge in [-0.05, 0) is 25.0 Å². The van der Waals surface area contributed by atoms with Crippen LogP contribution in [0.3, 0.4) is 0 Å². The summed E-state index contributed by atoms with van der Waals surface area (Å²) in [7, 11) is 0. The minimum Gasteiger partial charge on any atom is -0.490 e. The number of carbonyl (C=O) groups excluding carboxylic acids is 1. The van der Waals surface area contributed by atoms with E-state index in [0.717, 1.165) is 6.42 Å². The highest BCUT2D eigenvalue weighted by atomic mass is 19.1. The van der Waals surface area contributed by atoms with E-state index in [4.69, 9.17) is 9.47 Å². The van der Waals surface area contributed by atoms with Crippen LogP contribution in [-0.4, -0.2) is 53.1 Å². The van der Waals surface area contributed by atoms with E-state index >= 15 is 0 Å². The summed E-state index contributed by atoms with van der Waals surface area (Å²) < 4.78 is 27.2. The smallest absolute Gasteiger partial charge is 0.318 e. The van der Waals surface area contributed by atoms with Gasteiger partial charge in [-0.3, -0.25) is 4.68 Å². The number of amides is 2. The number of halogens is 1. The van der Waals surface area contributed by atoms with E-state index in [1.165, 1.54) is 6.07 Å². The molecule has 8 heteroatoms. The number of carbonyl (C=O) groups is 1. The fourth-order valence-corrected chi connectivity index (χ4v) is 3.59. The highest BCUT2D eigenvalue weighted by Crippen LogP contribution is 2.33. The molecule has 27 heavy (non-hydrogen) atoms. The predicted molar refractivity (Wildman–Crippen MR) is 95.9 cm³/mol. The van der Waals surface area contributed by atoms with Gasteiger partial charge in [0.25, 0.3) is 0 Å². The monoisotopic (exact) mass is 374 g/mol. The quantitative estimate of drug-likeness (QED) is 0.896. The topological polar surface area (TPSA) is 68.6 Å². The molecule has 2 amide bonds. The van der Waals surface area contributed by atoms with Crippen LogP contribution in [0.15, 0.2) is 36.7 Å². The van der Waals surface area contributed by atoms with Crippen molar-refractivity contribution >= 4 is 6.03 Å². The minimum atomic E-state index is -0.390. The summed E-state index contributed by atoms with van der Waals surface area (Å²) in [6.45, 7) is 2.55. The van der Waals surface area contributed by atoms with Gasteiger partial charge in [-0.15, -0.1) is 0 Å². The van der Waals surface area contributed by atoms with E-state index in [1.54, 1.807) is 21.8 Å². The molecule has 1 aromatic heterocycles. The van der Waals surface area contributed by atoms with Crippen LogP contribution in [0, 0.1) is 5.82 Å². The van der Waals surface area contributed by atoms with Crippen LogP contribution in [0.5, 0.6) is 5.75 Å². The number of rotatable bonds is 3. The summed E-state index contributed by atoms with van der Waals surface area (Å²) in [5.74, 6) is -0.141. The van der Waals surface area contributed by atoms with Crippen LogP contribution in [0.1, 0.15) is 24.4 Å². The Morgan fingerprint density at radius 3 is 3.11 bits per heavy atom. The summed E-state index contributed by atoms with van der Waals surface area (Å²) in [5.41, 5.74) is 0.696. The van der Waals surface area contributed by atoms with Crippen molar-refractivity contribution in [1.82, 2.24) is 20.0 Å². The van der Waals surface area contributed by atoms with Gasteiger partial charge in [0.05, 0.1) is 38.4 Å². The summed E-state index contributed by atoms with van der Waals surface area (Å²) in [6.07, 6.45) is 4.96. The molecule has 0 spiro atoms. The summed E-state index contributed by atoms with van der Waals surface area (Å²) >= 11 is 0. The molecule has 1 N–H and O–H groups in total. The Balaban J connectivity index is 1.42. The zero-order chi connectivity index (χ0) is 18.6. The molecule has 4 rings (SSSR count). The largest absolute Gasteiger partial charge is 0.490 e. The second-order valence-corrected chi connectivity index (χ2v) is 6.82. The van der Waals surface area contributed by atoms with Crippen molar-refractivity contribution in [1.29, 1.82) is 0 Å². The highest BCUT2D eigenvalue weighted by molar-refractivity contribution is 5.75. The summed E-state index contributed by atoms with van der Waals surface area (Å²) in [4.78, 5) is 14.6. The number of nitrogens with one attached hydrogen (secondary N) is 1. The van der Waals surface area contributed by atoms with Crippen LogP contribution < -0.4 is 10.1 Å². The van der Waals surface area contributed by atoms with E-state index in [-0.39, 0.29) is 29.7 Å². The fourth-order valence-electron chi connectivity index (χ4n) is 3.59. The normalized spacial score (nSPS) is 22.5. The molecule has 0 saturated carbocycles. The Kier molecular flexibility index (Phi) is 5.24. The van der Waals surface area contributed by atoms with Crippen LogP contribution in [-0.2, 0) is 11.3 Å². The zero-order valence-electron chi connectivity index (χ0n) is 15.0. The van der Waals surface area contributed by atoms with Crippen molar-refractivity contribution in [3.8, 4) is 5.75 Å². The molecule has 2 aliphatic heterocycles. The van der Waals surface area contributed by atoms with Crippen molar-refractivity contribution in [2.45, 2.75) is 31.5 Å². The van der Waals surface area contributed by atoms with Crippen LogP contribution in [0.2, 0.25) is 0 Å². The van der Waals surface area contributed by atoms with Gasteiger partial charge in [0.1, 0.15) is 0 Å². The average molecular weight is 374 g/mol. The Hall–Kier alpha value is -2.61. The van der Waals surface area contributed by atoms with Gasteiger partial charge in [0, 0.05) is 24.5 Å². The molecular formula is C19H23FN4O3. The van der Waals surface area contributed by atoms with Crippen molar-refractivity contribution < 1.29 is 18.7 Å². The molecule has 0 aliphatic carbocycles. The number of benzene rings is 1. The maximum Gasteiger partial charge on any atom is 0.318 e. The molecule has 1 fully saturated rings. The number of fused-ring (bicyclic) bond motifs is 1. The van der Waals surface area contributed by atoms with Gasteiger partial charge in [-0.25, -0.2) is 9.18 Å². The second-order valence-electron chi connectivity index (χ2n) is 6.82. The number of nitrogens with zero attached hydrogens (tertiary/aromatic N) is 3. The Labute approximate surface area is 157 Å². The molecule has 144 valence electrons. The molecule has 2 aliphatic rings. The first-order chi connectivity index (χ1) is 13.2. The maximum absolute atomic E-state index is 14.1. The fraction of sp³-hybridized carbons (Fsp3) is 0.474. The number of hydrogen-bond donors (Lipinski definition) is 1. The first kappa shape index (κ1) is 17.8. The lowest BCUT2D eigenvalue weighted by Gasteiger charge is -2.34.